The maximum atomic E-state index is 14.2. The summed E-state index contributed by atoms with van der Waals surface area (Å²) in [7, 11) is 0. The van der Waals surface area contributed by atoms with Crippen molar-refractivity contribution in [2.24, 2.45) is 0 Å². The minimum absolute atomic E-state index is 0.0925. The van der Waals surface area contributed by atoms with Crippen molar-refractivity contribution < 1.29 is 14.3 Å². The van der Waals surface area contributed by atoms with E-state index in [2.05, 4.69) is 25.7 Å². The largest absolute Gasteiger partial charge is 0.395 e. The molecule has 0 aliphatic rings. The first kappa shape index (κ1) is 18.0. The normalized spacial score (nSPS) is 10.9. The molecule has 0 fully saturated rings. The number of hydrogen-bond acceptors (Lipinski definition) is 7. The molecular formula is C18H15FN6O2S. The van der Waals surface area contributed by atoms with Gasteiger partial charge in [-0.3, -0.25) is 10.1 Å². The van der Waals surface area contributed by atoms with E-state index in [0.29, 0.717) is 22.2 Å². The van der Waals surface area contributed by atoms with Gasteiger partial charge in [0.2, 0.25) is 0 Å². The molecule has 1 amide bonds. The van der Waals surface area contributed by atoms with Crippen LogP contribution in [0.5, 0.6) is 0 Å². The zero-order valence-corrected chi connectivity index (χ0v) is 15.3. The fourth-order valence-corrected chi connectivity index (χ4v) is 3.19. The summed E-state index contributed by atoms with van der Waals surface area (Å²) < 4.78 is 15.6. The van der Waals surface area contributed by atoms with Gasteiger partial charge in [-0.1, -0.05) is 12.1 Å². The number of carbonyl (C=O) groups excluding carboxylic acids is 1. The third kappa shape index (κ3) is 3.55. The lowest BCUT2D eigenvalue weighted by Gasteiger charge is -2.08. The average molecular weight is 398 g/mol. The topological polar surface area (TPSA) is 104 Å². The number of rotatable bonds is 6. The summed E-state index contributed by atoms with van der Waals surface area (Å²) in [5.74, 6) is -0.457. The molecule has 3 heterocycles. The van der Waals surface area contributed by atoms with Crippen molar-refractivity contribution in [1.82, 2.24) is 19.6 Å². The van der Waals surface area contributed by atoms with Crippen LogP contribution in [0.4, 0.5) is 15.3 Å². The van der Waals surface area contributed by atoms with Gasteiger partial charge in [0.15, 0.2) is 10.8 Å². The zero-order chi connectivity index (χ0) is 19.5. The number of carbonyl (C=O) groups is 1. The van der Waals surface area contributed by atoms with Gasteiger partial charge in [-0.15, -0.1) is 16.4 Å². The lowest BCUT2D eigenvalue weighted by atomic mass is 10.1. The van der Waals surface area contributed by atoms with Crippen molar-refractivity contribution in [2.75, 3.05) is 23.8 Å². The molecule has 0 spiro atoms. The average Bonchev–Trinajstić information content (AvgIpc) is 3.35. The molecular weight excluding hydrogens is 383 g/mol. The zero-order valence-electron chi connectivity index (χ0n) is 14.5. The van der Waals surface area contributed by atoms with Crippen molar-refractivity contribution in [3.8, 4) is 11.3 Å². The second-order valence-corrected chi connectivity index (χ2v) is 6.65. The molecule has 4 rings (SSSR count). The monoisotopic (exact) mass is 398 g/mol. The Balaban J connectivity index is 1.81. The predicted octanol–water partition coefficient (Wildman–Crippen LogP) is 2.65. The summed E-state index contributed by atoms with van der Waals surface area (Å²) >= 11 is 1.29. The molecule has 0 aliphatic heterocycles. The van der Waals surface area contributed by atoms with Gasteiger partial charge in [0.05, 0.1) is 24.1 Å². The number of nitrogens with zero attached hydrogens (tertiary/aromatic N) is 4. The molecule has 0 saturated heterocycles. The molecule has 142 valence electrons. The van der Waals surface area contributed by atoms with E-state index >= 15 is 0 Å². The van der Waals surface area contributed by atoms with Gasteiger partial charge >= 0.3 is 0 Å². The predicted molar refractivity (Wildman–Crippen MR) is 104 cm³/mol. The van der Waals surface area contributed by atoms with Crippen molar-refractivity contribution in [3.63, 3.8) is 0 Å². The fourth-order valence-electron chi connectivity index (χ4n) is 2.66. The molecule has 10 heteroatoms. The maximum Gasteiger partial charge on any atom is 0.261 e. The van der Waals surface area contributed by atoms with Crippen LogP contribution < -0.4 is 10.6 Å². The Morgan fingerprint density at radius 1 is 1.32 bits per heavy atom. The second-order valence-electron chi connectivity index (χ2n) is 5.76. The number of halogens is 1. The van der Waals surface area contributed by atoms with Gasteiger partial charge in [-0.2, -0.15) is 0 Å². The Kier molecular flexibility index (Phi) is 4.96. The molecule has 4 aromatic rings. The Morgan fingerprint density at radius 2 is 2.18 bits per heavy atom. The Labute approximate surface area is 162 Å². The molecule has 0 radical (unpaired) electrons. The van der Waals surface area contributed by atoms with E-state index in [4.69, 9.17) is 5.11 Å². The number of aromatic nitrogens is 4. The van der Waals surface area contributed by atoms with Crippen LogP contribution >= 0.6 is 11.3 Å². The van der Waals surface area contributed by atoms with Gasteiger partial charge in [-0.05, 0) is 18.2 Å². The number of aliphatic hydroxyl groups excluding tert-OH is 1. The summed E-state index contributed by atoms with van der Waals surface area (Å²) in [6.45, 7) is 0.172. The number of benzene rings is 1. The van der Waals surface area contributed by atoms with Crippen LogP contribution in [0.15, 0.2) is 48.1 Å². The number of imidazole rings is 1. The number of nitrogens with one attached hydrogen (secondary N) is 2. The van der Waals surface area contributed by atoms with Crippen LogP contribution in [0, 0.1) is 5.82 Å². The summed E-state index contributed by atoms with van der Waals surface area (Å²) in [4.78, 5) is 21.3. The molecule has 0 bridgehead atoms. The minimum Gasteiger partial charge on any atom is -0.395 e. The standard InChI is InChI=1S/C18H15FN6O2S/c19-13-4-2-1-3-11(13)14-10-25-16(22-14)12(9-15(24-25)20-5-7-26)17(27)23-18-21-6-8-28-18/h1-4,6,8-10,26H,5,7H2,(H,20,24)(H,21,23,27). The summed E-state index contributed by atoms with van der Waals surface area (Å²) in [5, 5.41) is 21.2. The lowest BCUT2D eigenvalue weighted by Crippen LogP contribution is -2.16. The first-order chi connectivity index (χ1) is 13.7. The molecule has 0 aliphatic carbocycles. The smallest absolute Gasteiger partial charge is 0.261 e. The van der Waals surface area contributed by atoms with E-state index in [1.165, 1.54) is 28.0 Å². The van der Waals surface area contributed by atoms with Crippen molar-refractivity contribution >= 4 is 33.8 Å². The fraction of sp³-hybridized carbons (Fsp3) is 0.111. The number of amides is 1. The Hall–Kier alpha value is -3.37. The highest BCUT2D eigenvalue weighted by molar-refractivity contribution is 7.13. The van der Waals surface area contributed by atoms with Gasteiger partial charge in [-0.25, -0.2) is 18.9 Å². The summed E-state index contributed by atoms with van der Waals surface area (Å²) in [5.41, 5.74) is 1.19. The quantitative estimate of drug-likeness (QED) is 0.461. The summed E-state index contributed by atoms with van der Waals surface area (Å²) in [6.07, 6.45) is 3.14. The SMILES string of the molecule is O=C(Nc1nccs1)c1cc(NCCO)nn2cc(-c3ccccc3F)nc12. The lowest BCUT2D eigenvalue weighted by molar-refractivity contribution is 0.102. The number of anilines is 2. The van der Waals surface area contributed by atoms with E-state index in [1.54, 1.807) is 36.0 Å². The van der Waals surface area contributed by atoms with Gasteiger partial charge in [0.25, 0.3) is 5.91 Å². The highest BCUT2D eigenvalue weighted by Crippen LogP contribution is 2.24. The summed E-state index contributed by atoms with van der Waals surface area (Å²) in [6, 6.07) is 7.79. The third-order valence-corrected chi connectivity index (χ3v) is 4.58. The number of thiazole rings is 1. The number of aliphatic hydroxyl groups is 1. The van der Waals surface area contributed by atoms with Gasteiger partial charge in [0, 0.05) is 23.7 Å². The Morgan fingerprint density at radius 3 is 2.93 bits per heavy atom. The van der Waals surface area contributed by atoms with Crippen LogP contribution in [0.25, 0.3) is 16.9 Å². The van der Waals surface area contributed by atoms with Crippen LogP contribution in [0.1, 0.15) is 10.4 Å². The molecule has 8 nitrogen and oxygen atoms in total. The van der Waals surface area contributed by atoms with E-state index in [1.807, 2.05) is 0 Å². The first-order valence-electron chi connectivity index (χ1n) is 8.36. The van der Waals surface area contributed by atoms with Crippen molar-refractivity contribution in [3.05, 3.63) is 59.5 Å². The van der Waals surface area contributed by atoms with Crippen LogP contribution in [-0.2, 0) is 0 Å². The van der Waals surface area contributed by atoms with E-state index in [-0.39, 0.29) is 24.4 Å². The first-order valence-corrected chi connectivity index (χ1v) is 9.24. The number of hydrogen-bond donors (Lipinski definition) is 3. The molecule has 3 aromatic heterocycles. The Bertz CT molecular complexity index is 1130. The van der Waals surface area contributed by atoms with E-state index in [0.717, 1.165) is 0 Å². The molecule has 0 saturated carbocycles. The van der Waals surface area contributed by atoms with Crippen molar-refractivity contribution in [1.29, 1.82) is 0 Å². The van der Waals surface area contributed by atoms with Crippen LogP contribution in [-0.4, -0.2) is 43.7 Å². The molecule has 0 unspecified atom stereocenters. The van der Waals surface area contributed by atoms with E-state index in [9.17, 15) is 9.18 Å². The molecule has 0 atom stereocenters. The number of fused-ring (bicyclic) bond motifs is 1. The second kappa shape index (κ2) is 7.71. The van der Waals surface area contributed by atoms with Gasteiger partial charge < -0.3 is 10.4 Å². The highest BCUT2D eigenvalue weighted by Gasteiger charge is 2.19. The van der Waals surface area contributed by atoms with Crippen molar-refractivity contribution in [2.45, 2.75) is 0 Å². The maximum absolute atomic E-state index is 14.2. The van der Waals surface area contributed by atoms with Crippen LogP contribution in [0.2, 0.25) is 0 Å². The molecule has 1 aromatic carbocycles. The van der Waals surface area contributed by atoms with Crippen LogP contribution in [0.3, 0.4) is 0 Å². The molecule has 3 N–H and O–H groups in total. The minimum atomic E-state index is -0.418. The third-order valence-electron chi connectivity index (χ3n) is 3.89. The molecule has 28 heavy (non-hydrogen) atoms. The highest BCUT2D eigenvalue weighted by atomic mass is 32.1. The van der Waals surface area contributed by atoms with Gasteiger partial charge in [0.1, 0.15) is 11.6 Å². The van der Waals surface area contributed by atoms with E-state index < -0.39 is 11.7 Å².